The predicted molar refractivity (Wildman–Crippen MR) is 147 cm³/mol. The van der Waals surface area contributed by atoms with Gasteiger partial charge >= 0.3 is 0 Å². The SMILES string of the molecule is CCCCc1nc2ccc(C3=NN4CCCC4C3)cc2c(=O)n1-c1ccc(-c2ccccc2C#N)cc1. The molecule has 2 aliphatic rings. The van der Waals surface area contributed by atoms with Crippen molar-refractivity contribution in [1.82, 2.24) is 14.6 Å². The van der Waals surface area contributed by atoms with Gasteiger partial charge in [-0.2, -0.15) is 10.4 Å². The first-order chi connectivity index (χ1) is 18.2. The maximum atomic E-state index is 14.0. The average molecular weight is 488 g/mol. The minimum Gasteiger partial charge on any atom is -0.293 e. The highest BCUT2D eigenvalue weighted by Gasteiger charge is 2.31. The van der Waals surface area contributed by atoms with Crippen molar-refractivity contribution in [3.05, 3.63) is 94.0 Å². The largest absolute Gasteiger partial charge is 0.293 e. The molecule has 1 aromatic heterocycles. The van der Waals surface area contributed by atoms with Crippen molar-refractivity contribution in [3.63, 3.8) is 0 Å². The van der Waals surface area contributed by atoms with Crippen LogP contribution in [0.15, 0.2) is 76.6 Å². The zero-order chi connectivity index (χ0) is 25.4. The van der Waals surface area contributed by atoms with E-state index in [1.54, 1.807) is 4.57 Å². The van der Waals surface area contributed by atoms with Crippen LogP contribution in [-0.2, 0) is 6.42 Å². The number of hydrogen-bond donors (Lipinski definition) is 0. The molecule has 3 heterocycles. The van der Waals surface area contributed by atoms with Gasteiger partial charge in [-0.05, 0) is 66.3 Å². The summed E-state index contributed by atoms with van der Waals surface area (Å²) in [5.41, 5.74) is 6.00. The van der Waals surface area contributed by atoms with Crippen molar-refractivity contribution >= 4 is 16.6 Å². The molecule has 0 radical (unpaired) electrons. The first-order valence-corrected chi connectivity index (χ1v) is 13.2. The molecular weight excluding hydrogens is 458 g/mol. The van der Waals surface area contributed by atoms with Crippen molar-refractivity contribution in [2.75, 3.05) is 6.54 Å². The van der Waals surface area contributed by atoms with Crippen LogP contribution in [0, 0.1) is 11.3 Å². The van der Waals surface area contributed by atoms with E-state index >= 15 is 0 Å². The Morgan fingerprint density at radius 2 is 1.86 bits per heavy atom. The highest BCUT2D eigenvalue weighted by Crippen LogP contribution is 2.29. The molecule has 0 N–H and O–H groups in total. The Balaban J connectivity index is 1.44. The normalized spacial score (nSPS) is 16.6. The molecule has 0 amide bonds. The Morgan fingerprint density at radius 3 is 2.65 bits per heavy atom. The van der Waals surface area contributed by atoms with E-state index in [1.807, 2.05) is 60.7 Å². The lowest BCUT2D eigenvalue weighted by atomic mass is 10.00. The number of benzene rings is 3. The number of hydrogen-bond acceptors (Lipinski definition) is 5. The van der Waals surface area contributed by atoms with Crippen molar-refractivity contribution in [3.8, 4) is 22.9 Å². The molecule has 1 saturated heterocycles. The van der Waals surface area contributed by atoms with Gasteiger partial charge in [0.05, 0.1) is 40.0 Å². The lowest BCUT2D eigenvalue weighted by Gasteiger charge is -2.15. The second-order valence-corrected chi connectivity index (χ2v) is 9.92. The molecule has 1 fully saturated rings. The van der Waals surface area contributed by atoms with Crippen molar-refractivity contribution in [2.24, 2.45) is 5.10 Å². The Labute approximate surface area is 216 Å². The van der Waals surface area contributed by atoms with Gasteiger partial charge in [0.1, 0.15) is 5.82 Å². The van der Waals surface area contributed by atoms with E-state index in [-0.39, 0.29) is 5.56 Å². The molecular formula is C31H29N5O. The molecule has 0 saturated carbocycles. The van der Waals surface area contributed by atoms with Crippen molar-refractivity contribution in [1.29, 1.82) is 5.26 Å². The van der Waals surface area contributed by atoms with Crippen LogP contribution in [0.5, 0.6) is 0 Å². The molecule has 6 rings (SSSR count). The van der Waals surface area contributed by atoms with Gasteiger partial charge in [0.2, 0.25) is 0 Å². The second-order valence-electron chi connectivity index (χ2n) is 9.92. The first kappa shape index (κ1) is 23.2. The summed E-state index contributed by atoms with van der Waals surface area (Å²) in [5, 5.41) is 17.2. The summed E-state index contributed by atoms with van der Waals surface area (Å²) in [6.07, 6.45) is 6.03. The van der Waals surface area contributed by atoms with Gasteiger partial charge in [0, 0.05) is 19.4 Å². The fourth-order valence-corrected chi connectivity index (χ4v) is 5.56. The summed E-state index contributed by atoms with van der Waals surface area (Å²) in [6.45, 7) is 3.16. The van der Waals surface area contributed by atoms with Crippen LogP contribution in [0.1, 0.15) is 56.0 Å². The van der Waals surface area contributed by atoms with Crippen LogP contribution >= 0.6 is 0 Å². The van der Waals surface area contributed by atoms with Gasteiger partial charge in [-0.15, -0.1) is 0 Å². The number of rotatable bonds is 6. The number of hydrazone groups is 1. The molecule has 0 bridgehead atoms. The topological polar surface area (TPSA) is 74.3 Å². The summed E-state index contributed by atoms with van der Waals surface area (Å²) >= 11 is 0. The lowest BCUT2D eigenvalue weighted by Crippen LogP contribution is -2.24. The monoisotopic (exact) mass is 487 g/mol. The van der Waals surface area contributed by atoms with Gasteiger partial charge in [0.15, 0.2) is 0 Å². The van der Waals surface area contributed by atoms with E-state index in [1.165, 1.54) is 12.8 Å². The van der Waals surface area contributed by atoms with Gasteiger partial charge in [-0.25, -0.2) is 4.98 Å². The molecule has 6 nitrogen and oxygen atoms in total. The Bertz CT molecular complexity index is 1610. The number of aromatic nitrogens is 2. The number of aryl methyl sites for hydroxylation is 1. The summed E-state index contributed by atoms with van der Waals surface area (Å²) in [4.78, 5) is 18.9. The minimum absolute atomic E-state index is 0.0535. The molecule has 184 valence electrons. The average Bonchev–Trinajstić information content (AvgIpc) is 3.55. The van der Waals surface area contributed by atoms with Gasteiger partial charge in [-0.3, -0.25) is 14.4 Å². The number of unbranched alkanes of at least 4 members (excludes halogenated alkanes) is 1. The third kappa shape index (κ3) is 4.21. The molecule has 4 aromatic rings. The lowest BCUT2D eigenvalue weighted by molar-refractivity contribution is 0.298. The van der Waals surface area contributed by atoms with E-state index in [9.17, 15) is 10.1 Å². The summed E-state index contributed by atoms with van der Waals surface area (Å²) in [6, 6.07) is 24.2. The predicted octanol–water partition coefficient (Wildman–Crippen LogP) is 5.84. The molecule has 1 unspecified atom stereocenters. The fourth-order valence-electron chi connectivity index (χ4n) is 5.56. The molecule has 37 heavy (non-hydrogen) atoms. The highest BCUT2D eigenvalue weighted by molar-refractivity contribution is 6.04. The van der Waals surface area contributed by atoms with Crippen LogP contribution < -0.4 is 5.56 Å². The second kappa shape index (κ2) is 9.67. The smallest absolute Gasteiger partial charge is 0.265 e. The standard InChI is InChI=1S/C31H29N5O/c1-2-3-10-30-33-28-16-13-22(29-19-25-8-6-17-35(25)34-29)18-27(28)31(37)36(30)24-14-11-21(12-15-24)26-9-5-4-7-23(26)20-32/h4-5,7,9,11-16,18,25H,2-3,6,8,10,17,19H2,1H3. The Hall–Kier alpha value is -4.24. The van der Waals surface area contributed by atoms with E-state index in [0.29, 0.717) is 17.0 Å². The molecule has 1 atom stereocenters. The van der Waals surface area contributed by atoms with E-state index in [2.05, 4.69) is 24.1 Å². The van der Waals surface area contributed by atoms with Gasteiger partial charge in [-0.1, -0.05) is 49.7 Å². The highest BCUT2D eigenvalue weighted by atomic mass is 16.1. The van der Waals surface area contributed by atoms with Crippen molar-refractivity contribution in [2.45, 2.75) is 51.5 Å². The molecule has 0 spiro atoms. The van der Waals surface area contributed by atoms with E-state index < -0.39 is 0 Å². The van der Waals surface area contributed by atoms with Crippen LogP contribution in [0.2, 0.25) is 0 Å². The first-order valence-electron chi connectivity index (χ1n) is 13.2. The summed E-state index contributed by atoms with van der Waals surface area (Å²) in [5.74, 6) is 0.774. The number of nitrogens with zero attached hydrogens (tertiary/aromatic N) is 5. The van der Waals surface area contributed by atoms with E-state index in [0.717, 1.165) is 71.7 Å². The zero-order valence-electron chi connectivity index (χ0n) is 21.0. The third-order valence-electron chi connectivity index (χ3n) is 7.53. The Kier molecular flexibility index (Phi) is 6.05. The van der Waals surface area contributed by atoms with Crippen LogP contribution in [-0.4, -0.2) is 32.9 Å². The fraction of sp³-hybridized carbons (Fsp3) is 0.290. The van der Waals surface area contributed by atoms with Gasteiger partial charge in [0.25, 0.3) is 5.56 Å². The Morgan fingerprint density at radius 1 is 1.05 bits per heavy atom. The van der Waals surface area contributed by atoms with Crippen molar-refractivity contribution < 1.29 is 0 Å². The minimum atomic E-state index is -0.0535. The summed E-state index contributed by atoms with van der Waals surface area (Å²) in [7, 11) is 0. The maximum Gasteiger partial charge on any atom is 0.265 e. The van der Waals surface area contributed by atoms with Crippen LogP contribution in [0.4, 0.5) is 0 Å². The third-order valence-corrected chi connectivity index (χ3v) is 7.53. The number of nitriles is 1. The van der Waals surface area contributed by atoms with Crippen LogP contribution in [0.25, 0.3) is 27.7 Å². The van der Waals surface area contributed by atoms with E-state index in [4.69, 9.17) is 10.1 Å². The molecule has 6 heteroatoms. The summed E-state index contributed by atoms with van der Waals surface area (Å²) < 4.78 is 1.76. The maximum absolute atomic E-state index is 14.0. The van der Waals surface area contributed by atoms with Crippen LogP contribution in [0.3, 0.4) is 0 Å². The van der Waals surface area contributed by atoms with Gasteiger partial charge < -0.3 is 0 Å². The number of fused-ring (bicyclic) bond motifs is 2. The molecule has 2 aliphatic heterocycles. The molecule has 0 aliphatic carbocycles. The quantitative estimate of drug-likeness (QED) is 0.342. The zero-order valence-corrected chi connectivity index (χ0v) is 21.0. The molecule has 3 aromatic carbocycles.